The number of hydrogen-bond acceptors (Lipinski definition) is 1. The molecular weight excluding hydrogens is 203 g/mol. The van der Waals surface area contributed by atoms with Gasteiger partial charge in [0.1, 0.15) is 0 Å². The summed E-state index contributed by atoms with van der Waals surface area (Å²) in [6.45, 7) is 1.74. The van der Waals surface area contributed by atoms with Crippen molar-refractivity contribution in [1.82, 2.24) is 5.32 Å². The first kappa shape index (κ1) is 12.8. The minimum atomic E-state index is -4.03. The summed E-state index contributed by atoms with van der Waals surface area (Å²) in [7, 11) is 0. The molecule has 1 unspecified atom stereocenters. The lowest BCUT2D eigenvalue weighted by molar-refractivity contribution is -0.170. The molecule has 0 aliphatic heterocycles. The minimum Gasteiger partial charge on any atom is -0.314 e. The number of alkyl halides is 3. The first-order valence-electron chi connectivity index (χ1n) is 5.80. The highest BCUT2D eigenvalue weighted by Crippen LogP contribution is 2.28. The maximum Gasteiger partial charge on any atom is 0.391 e. The fourth-order valence-corrected chi connectivity index (χ4v) is 1.97. The second kappa shape index (κ2) is 5.73. The van der Waals surface area contributed by atoms with E-state index in [4.69, 9.17) is 0 Å². The zero-order chi connectivity index (χ0) is 11.3. The molecule has 1 aliphatic rings. The molecule has 15 heavy (non-hydrogen) atoms. The van der Waals surface area contributed by atoms with E-state index in [1.807, 2.05) is 0 Å². The molecule has 0 heterocycles. The minimum absolute atomic E-state index is 0.194. The molecule has 90 valence electrons. The van der Waals surface area contributed by atoms with E-state index in [1.54, 1.807) is 0 Å². The maximum atomic E-state index is 12.2. The Morgan fingerprint density at radius 1 is 1.20 bits per heavy atom. The van der Waals surface area contributed by atoms with Gasteiger partial charge >= 0.3 is 6.18 Å². The Kier molecular flexibility index (Phi) is 4.90. The second-order valence-electron chi connectivity index (χ2n) is 4.52. The van der Waals surface area contributed by atoms with E-state index in [9.17, 15) is 13.2 Å². The fraction of sp³-hybridized carbons (Fsp3) is 1.00. The first-order valence-corrected chi connectivity index (χ1v) is 5.80. The highest BCUT2D eigenvalue weighted by molar-refractivity contribution is 4.73. The maximum absolute atomic E-state index is 12.2. The van der Waals surface area contributed by atoms with E-state index < -0.39 is 12.1 Å². The zero-order valence-corrected chi connectivity index (χ0v) is 9.24. The van der Waals surface area contributed by atoms with E-state index in [0.717, 1.165) is 12.8 Å². The number of rotatable bonds is 4. The van der Waals surface area contributed by atoms with Crippen molar-refractivity contribution >= 4 is 0 Å². The summed E-state index contributed by atoms with van der Waals surface area (Å²) in [5, 5.41) is 3.22. The van der Waals surface area contributed by atoms with Crippen molar-refractivity contribution in [3.05, 3.63) is 0 Å². The Morgan fingerprint density at radius 2 is 1.80 bits per heavy atom. The molecule has 1 aliphatic carbocycles. The van der Waals surface area contributed by atoms with Gasteiger partial charge in [0.15, 0.2) is 0 Å². The molecule has 1 saturated carbocycles. The lowest BCUT2D eigenvalue weighted by Crippen LogP contribution is -2.34. The van der Waals surface area contributed by atoms with Gasteiger partial charge in [0.2, 0.25) is 0 Å². The van der Waals surface area contributed by atoms with Gasteiger partial charge in [-0.25, -0.2) is 0 Å². The molecule has 4 heteroatoms. The third-order valence-electron chi connectivity index (χ3n) is 3.17. The average molecular weight is 223 g/mol. The lowest BCUT2D eigenvalue weighted by atomic mass is 9.95. The SMILES string of the molecule is CC(CCNC1CCCCC1)C(F)(F)F. The van der Waals surface area contributed by atoms with Crippen molar-refractivity contribution < 1.29 is 13.2 Å². The third kappa shape index (κ3) is 4.87. The van der Waals surface area contributed by atoms with Crippen molar-refractivity contribution in [3.63, 3.8) is 0 Å². The van der Waals surface area contributed by atoms with Crippen LogP contribution >= 0.6 is 0 Å². The molecule has 1 fully saturated rings. The van der Waals surface area contributed by atoms with Crippen LogP contribution in [0.2, 0.25) is 0 Å². The predicted molar refractivity (Wildman–Crippen MR) is 54.7 cm³/mol. The molecule has 0 radical (unpaired) electrons. The summed E-state index contributed by atoms with van der Waals surface area (Å²) in [4.78, 5) is 0. The quantitative estimate of drug-likeness (QED) is 0.769. The molecule has 0 spiro atoms. The van der Waals surface area contributed by atoms with E-state index in [2.05, 4.69) is 5.32 Å². The largest absolute Gasteiger partial charge is 0.391 e. The molecule has 0 bridgehead atoms. The molecular formula is C11H20F3N. The van der Waals surface area contributed by atoms with Crippen LogP contribution in [0.4, 0.5) is 13.2 Å². The van der Waals surface area contributed by atoms with Crippen LogP contribution in [0.3, 0.4) is 0 Å². The van der Waals surface area contributed by atoms with E-state index in [0.29, 0.717) is 12.6 Å². The molecule has 0 saturated heterocycles. The molecule has 1 nitrogen and oxygen atoms in total. The van der Waals surface area contributed by atoms with Gasteiger partial charge in [0.05, 0.1) is 5.92 Å². The van der Waals surface area contributed by atoms with Gasteiger partial charge in [-0.2, -0.15) is 13.2 Å². The van der Waals surface area contributed by atoms with Crippen molar-refractivity contribution in [2.24, 2.45) is 5.92 Å². The van der Waals surface area contributed by atoms with Crippen LogP contribution in [-0.2, 0) is 0 Å². The van der Waals surface area contributed by atoms with Crippen molar-refractivity contribution in [2.75, 3.05) is 6.54 Å². The average Bonchev–Trinajstić information content (AvgIpc) is 2.18. The van der Waals surface area contributed by atoms with Crippen molar-refractivity contribution in [2.45, 2.75) is 57.7 Å². The van der Waals surface area contributed by atoms with Crippen LogP contribution < -0.4 is 5.32 Å². The van der Waals surface area contributed by atoms with Crippen LogP contribution in [0.5, 0.6) is 0 Å². The number of halogens is 3. The summed E-state index contributed by atoms with van der Waals surface area (Å²) in [6, 6.07) is 0.458. The monoisotopic (exact) mass is 223 g/mol. The Bertz CT molecular complexity index is 173. The van der Waals surface area contributed by atoms with Crippen molar-refractivity contribution in [3.8, 4) is 0 Å². The fourth-order valence-electron chi connectivity index (χ4n) is 1.97. The van der Waals surface area contributed by atoms with Gasteiger partial charge in [-0.05, 0) is 25.8 Å². The van der Waals surface area contributed by atoms with Gasteiger partial charge < -0.3 is 5.32 Å². The Morgan fingerprint density at radius 3 is 2.33 bits per heavy atom. The summed E-state index contributed by atoms with van der Waals surface area (Å²) >= 11 is 0. The standard InChI is InChI=1S/C11H20F3N/c1-9(11(12,13)14)7-8-15-10-5-3-2-4-6-10/h9-10,15H,2-8H2,1H3. The highest BCUT2D eigenvalue weighted by Gasteiger charge is 2.35. The van der Waals surface area contributed by atoms with Crippen LogP contribution in [0.15, 0.2) is 0 Å². The number of hydrogen-bond donors (Lipinski definition) is 1. The Hall–Kier alpha value is -0.250. The van der Waals surface area contributed by atoms with Crippen molar-refractivity contribution in [1.29, 1.82) is 0 Å². The lowest BCUT2D eigenvalue weighted by Gasteiger charge is -2.24. The Balaban J connectivity index is 2.10. The van der Waals surface area contributed by atoms with Crippen LogP contribution in [-0.4, -0.2) is 18.8 Å². The summed E-state index contributed by atoms with van der Waals surface area (Å²) in [6.07, 6.45) is 2.12. The van der Waals surface area contributed by atoms with Gasteiger partial charge in [-0.3, -0.25) is 0 Å². The Labute approximate surface area is 89.4 Å². The zero-order valence-electron chi connectivity index (χ0n) is 9.24. The predicted octanol–water partition coefficient (Wildman–Crippen LogP) is 3.50. The molecule has 1 rings (SSSR count). The molecule has 1 atom stereocenters. The van der Waals surface area contributed by atoms with Crippen LogP contribution in [0, 0.1) is 5.92 Å². The summed E-state index contributed by atoms with van der Waals surface area (Å²) in [5.74, 6) is -1.19. The smallest absolute Gasteiger partial charge is 0.314 e. The highest BCUT2D eigenvalue weighted by atomic mass is 19.4. The van der Waals surface area contributed by atoms with Gasteiger partial charge in [-0.15, -0.1) is 0 Å². The third-order valence-corrected chi connectivity index (χ3v) is 3.17. The normalized spacial score (nSPS) is 21.6. The first-order chi connectivity index (χ1) is 7.00. The summed E-state index contributed by atoms with van der Waals surface area (Å²) in [5.41, 5.74) is 0. The molecule has 0 aromatic heterocycles. The molecule has 0 aromatic rings. The summed E-state index contributed by atoms with van der Waals surface area (Å²) < 4.78 is 36.6. The van der Waals surface area contributed by atoms with E-state index in [-0.39, 0.29) is 6.42 Å². The van der Waals surface area contributed by atoms with Gasteiger partial charge in [0.25, 0.3) is 0 Å². The molecule has 0 aromatic carbocycles. The topological polar surface area (TPSA) is 12.0 Å². The van der Waals surface area contributed by atoms with Crippen LogP contribution in [0.1, 0.15) is 45.4 Å². The van der Waals surface area contributed by atoms with Gasteiger partial charge in [0, 0.05) is 6.04 Å². The van der Waals surface area contributed by atoms with E-state index >= 15 is 0 Å². The van der Waals surface area contributed by atoms with Crippen LogP contribution in [0.25, 0.3) is 0 Å². The number of nitrogens with one attached hydrogen (secondary N) is 1. The molecule has 0 amide bonds. The van der Waals surface area contributed by atoms with E-state index in [1.165, 1.54) is 26.2 Å². The van der Waals surface area contributed by atoms with Gasteiger partial charge in [-0.1, -0.05) is 26.2 Å². The second-order valence-corrected chi connectivity index (χ2v) is 4.52. The molecule has 1 N–H and O–H groups in total.